The third kappa shape index (κ3) is 22.1. The zero-order chi connectivity index (χ0) is 87.5. The Morgan fingerprint density at radius 3 is 1.12 bits per heavy atom. The second-order valence-electron chi connectivity index (χ2n) is 34.1. The van der Waals surface area contributed by atoms with E-state index in [1.165, 1.54) is 36.4 Å². The molecular formula is C100H105F3N20O5. The van der Waals surface area contributed by atoms with E-state index in [1.807, 2.05) is 137 Å². The van der Waals surface area contributed by atoms with Gasteiger partial charge in [0.25, 0.3) is 5.91 Å². The average Bonchev–Trinajstić information content (AvgIpc) is 1.69. The van der Waals surface area contributed by atoms with Gasteiger partial charge in [0.05, 0.1) is 101 Å². The van der Waals surface area contributed by atoms with Gasteiger partial charge in [-0.15, -0.1) is 0 Å². The van der Waals surface area contributed by atoms with E-state index in [0.717, 1.165) is 261 Å². The van der Waals surface area contributed by atoms with Crippen molar-refractivity contribution < 1.29 is 37.1 Å². The van der Waals surface area contributed by atoms with Crippen LogP contribution in [0.4, 0.5) is 18.0 Å². The lowest BCUT2D eigenvalue weighted by molar-refractivity contribution is -0.131. The van der Waals surface area contributed by atoms with E-state index < -0.39 is 0 Å². The fourth-order valence-electron chi connectivity index (χ4n) is 18.2. The minimum absolute atomic E-state index is 0.0134. The molecule has 4 N–H and O–H groups in total. The Hall–Kier alpha value is -14.1. The first-order valence-corrected chi connectivity index (χ1v) is 44.6. The van der Waals surface area contributed by atoms with Gasteiger partial charge in [-0.25, -0.2) is 37.9 Å². The summed E-state index contributed by atoms with van der Waals surface area (Å²) in [5.41, 5.74) is 20.2. The number of likely N-dealkylation sites (tertiary alicyclic amines) is 4. The van der Waals surface area contributed by atoms with Crippen LogP contribution in [-0.2, 0) is 60.0 Å². The van der Waals surface area contributed by atoms with Gasteiger partial charge in [0.1, 0.15) is 24.1 Å². The maximum absolute atomic E-state index is 13.4. The number of benzene rings is 8. The third-order valence-corrected chi connectivity index (χ3v) is 25.3. The molecule has 4 atom stereocenters. The quantitative estimate of drug-likeness (QED) is 0.0553. The predicted octanol–water partition coefficient (Wildman–Crippen LogP) is 18.6. The Bertz CT molecular complexity index is 6330. The van der Waals surface area contributed by atoms with Crippen LogP contribution in [0.15, 0.2) is 251 Å². The molecule has 0 aliphatic carbocycles. The highest BCUT2D eigenvalue weighted by molar-refractivity contribution is 5.94. The molecule has 28 heteroatoms. The number of ether oxygens (including phenoxy) is 1. The number of aromatic amines is 4. The van der Waals surface area contributed by atoms with Gasteiger partial charge in [0.2, 0.25) is 11.8 Å². The summed E-state index contributed by atoms with van der Waals surface area (Å²) in [7, 11) is 0. The Balaban J connectivity index is 0.000000120. The SMILES string of the molecule is O=C(CCc1cccc(F)c1)N1CCCC(Cn2cnc3cc(-c4cn[nH]c4)ccc32)CC1.O=C(Cc1cccc(F)c1)N1CCCC(Cn2cnc3cc(-c4cn[nH]c4)ccc32)CC1.O=C(OCc1ccccc1)N1CCCC(Cn2cnc3cc(-c4cn[nH]c4)ccc32)CC1.O=C(c1ccc(F)cc1)N1CCCC(Cn2cnc3cc(-c4cn[nH]c4)ccc32)CC1. The number of hydrogen-bond acceptors (Lipinski definition) is 13. The molecule has 4 aliphatic rings. The van der Waals surface area contributed by atoms with Gasteiger partial charge in [-0.3, -0.25) is 34.8 Å². The van der Waals surface area contributed by atoms with Crippen LogP contribution in [0, 0.1) is 41.1 Å². The van der Waals surface area contributed by atoms with E-state index in [-0.39, 0.29) is 47.7 Å². The number of nitrogens with one attached hydrogen (secondary N) is 4. The number of aryl methyl sites for hydroxylation is 1. The molecule has 8 aromatic heterocycles. The lowest BCUT2D eigenvalue weighted by Crippen LogP contribution is -2.33. The summed E-state index contributed by atoms with van der Waals surface area (Å²) in [4.78, 5) is 76.9. The third-order valence-electron chi connectivity index (χ3n) is 25.3. The average molecular weight is 1720 g/mol. The number of fused-ring (bicyclic) bond motifs is 4. The number of hydrogen-bond donors (Lipinski definition) is 4. The number of rotatable bonds is 20. The molecule has 0 radical (unpaired) electrons. The maximum atomic E-state index is 13.4. The number of nitrogens with zero attached hydrogens (tertiary/aromatic N) is 16. The number of carbonyl (C=O) groups excluding carboxylic acids is 4. The van der Waals surface area contributed by atoms with Crippen molar-refractivity contribution in [3.8, 4) is 44.5 Å². The summed E-state index contributed by atoms with van der Waals surface area (Å²) < 4.78 is 54.4. The number of H-pyrrole nitrogens is 4. The van der Waals surface area contributed by atoms with Gasteiger partial charge >= 0.3 is 6.09 Å². The van der Waals surface area contributed by atoms with E-state index >= 15 is 0 Å². The minimum Gasteiger partial charge on any atom is -0.445 e. The van der Waals surface area contributed by atoms with E-state index in [0.29, 0.717) is 48.7 Å². The standard InChI is InChI=1S/C26H28FN5O.C25H26FN5O.C25H27N5O2.C24H24FN5O/c27-23-5-1-3-19(13-23)6-9-26(33)31-11-2-4-20(10-12-31)17-32-18-28-24-14-21(7-8-25(24)32)22-15-29-30-16-22;26-22-5-1-3-19(11-22)12-25(32)30-9-2-4-18(8-10-30)16-31-17-27-23-13-20(6-7-24(23)31)21-14-28-29-15-21;31-25(32-17-20-5-2-1-3-6-20)29-11-4-7-19(10-12-29)16-30-18-26-23-13-21(8-9-24(23)30)22-14-27-28-15-22;25-21-6-3-18(4-7-21)24(31)29-10-1-2-17(9-11-29)15-30-16-26-22-12-19(5-8-23(22)30)20-13-27-28-14-20/h1,3,5,7-8,13-16,18,20H,2,4,6,9-12,17H2,(H,29,30);1,3,5-7,11,13-15,17-18H,2,4,8-10,12,16H2,(H,28,29);1-3,5-6,8-9,13-15,18-19H,4,7,10-12,16-17H2,(H,27,28);3-8,12-14,16-17H,1-2,9-11,15H2,(H,27,28). The second kappa shape index (κ2) is 41.4. The van der Waals surface area contributed by atoms with E-state index in [2.05, 4.69) is 152 Å². The fraction of sp³-hybridized carbons (Fsp3) is 0.320. The highest BCUT2D eigenvalue weighted by Gasteiger charge is 2.28. The van der Waals surface area contributed by atoms with Gasteiger partial charge in [0.15, 0.2) is 0 Å². The van der Waals surface area contributed by atoms with Gasteiger partial charge in [0, 0.05) is 138 Å². The summed E-state index contributed by atoms with van der Waals surface area (Å²) in [6.07, 6.45) is 35.7. The molecule has 4 fully saturated rings. The Labute approximate surface area is 739 Å². The van der Waals surface area contributed by atoms with Gasteiger partial charge in [-0.05, 0) is 243 Å². The molecule has 0 spiro atoms. The minimum atomic E-state index is -0.322. The van der Waals surface area contributed by atoms with Crippen LogP contribution >= 0.6 is 0 Å². The Morgan fingerprint density at radius 2 is 0.711 bits per heavy atom. The Morgan fingerprint density at radius 1 is 0.344 bits per heavy atom. The van der Waals surface area contributed by atoms with Crippen LogP contribution < -0.4 is 0 Å². The molecular weight excluding hydrogens is 1620 g/mol. The van der Waals surface area contributed by atoms with Crippen LogP contribution in [0.1, 0.15) is 111 Å². The lowest BCUT2D eigenvalue weighted by Gasteiger charge is -2.21. The van der Waals surface area contributed by atoms with Crippen LogP contribution in [0.3, 0.4) is 0 Å². The molecule has 0 saturated carbocycles. The van der Waals surface area contributed by atoms with Gasteiger partial charge in [-0.2, -0.15) is 20.4 Å². The molecule has 656 valence electrons. The second-order valence-corrected chi connectivity index (χ2v) is 34.1. The highest BCUT2D eigenvalue weighted by atomic mass is 19.1. The molecule has 4 unspecified atom stereocenters. The first-order valence-electron chi connectivity index (χ1n) is 44.6. The molecule has 16 aromatic rings. The van der Waals surface area contributed by atoms with Crippen molar-refractivity contribution >= 4 is 67.9 Å². The van der Waals surface area contributed by atoms with Crippen molar-refractivity contribution in [3.63, 3.8) is 0 Å². The monoisotopic (exact) mass is 1720 g/mol. The van der Waals surface area contributed by atoms with E-state index in [1.54, 1.807) is 24.3 Å². The molecule has 8 aromatic carbocycles. The van der Waals surface area contributed by atoms with Crippen molar-refractivity contribution in [2.24, 2.45) is 23.7 Å². The summed E-state index contributed by atoms with van der Waals surface area (Å²) in [5.74, 6) is 1.36. The molecule has 20 rings (SSSR count). The van der Waals surface area contributed by atoms with Crippen molar-refractivity contribution in [1.82, 2.24) is 98.6 Å². The molecule has 4 amide bonds. The first-order chi connectivity index (χ1) is 62.7. The van der Waals surface area contributed by atoms with Crippen molar-refractivity contribution in [1.29, 1.82) is 0 Å². The van der Waals surface area contributed by atoms with E-state index in [9.17, 15) is 32.3 Å². The summed E-state index contributed by atoms with van der Waals surface area (Å²) >= 11 is 0. The smallest absolute Gasteiger partial charge is 0.410 e. The molecule has 12 heterocycles. The zero-order valence-corrected chi connectivity index (χ0v) is 71.6. The summed E-state index contributed by atoms with van der Waals surface area (Å²) in [6.45, 7) is 9.97. The van der Waals surface area contributed by atoms with Crippen LogP contribution in [0.2, 0.25) is 0 Å². The predicted molar refractivity (Wildman–Crippen MR) is 487 cm³/mol. The summed E-state index contributed by atoms with van der Waals surface area (Å²) in [6, 6.07) is 53.8. The molecule has 4 saturated heterocycles. The number of amides is 4. The first kappa shape index (κ1) is 86.1. The van der Waals surface area contributed by atoms with Gasteiger partial charge < -0.3 is 42.6 Å². The lowest BCUT2D eigenvalue weighted by atomic mass is 10.0. The topological polar surface area (TPSA) is 276 Å². The largest absolute Gasteiger partial charge is 0.445 e. The highest BCUT2D eigenvalue weighted by Crippen LogP contribution is 2.33. The van der Waals surface area contributed by atoms with Crippen molar-refractivity contribution in [3.05, 3.63) is 291 Å². The van der Waals surface area contributed by atoms with Crippen LogP contribution in [-0.4, -0.2) is 175 Å². The summed E-state index contributed by atoms with van der Waals surface area (Å²) in [5, 5.41) is 27.5. The number of halogens is 3. The molecule has 128 heavy (non-hydrogen) atoms. The van der Waals surface area contributed by atoms with Crippen molar-refractivity contribution in [2.45, 2.75) is 129 Å². The molecule has 25 nitrogen and oxygen atoms in total. The zero-order valence-electron chi connectivity index (χ0n) is 71.6. The number of carbonyl (C=O) groups is 4. The van der Waals surface area contributed by atoms with Crippen LogP contribution in [0.5, 0.6) is 0 Å². The van der Waals surface area contributed by atoms with Crippen LogP contribution in [0.25, 0.3) is 88.6 Å². The molecule has 4 aliphatic heterocycles. The number of imidazole rings is 4. The molecule has 0 bridgehead atoms. The van der Waals surface area contributed by atoms with Gasteiger partial charge in [-0.1, -0.05) is 78.9 Å². The number of aromatic nitrogens is 16. The fourth-order valence-corrected chi connectivity index (χ4v) is 18.2. The normalized spacial score (nSPS) is 16.9. The maximum Gasteiger partial charge on any atom is 0.410 e. The van der Waals surface area contributed by atoms with E-state index in [4.69, 9.17) is 4.74 Å². The Kier molecular flexibility index (Phi) is 27.8. The van der Waals surface area contributed by atoms with Crippen molar-refractivity contribution in [2.75, 3.05) is 52.4 Å².